The van der Waals surface area contributed by atoms with E-state index in [2.05, 4.69) is 0 Å². The van der Waals surface area contributed by atoms with Crippen molar-refractivity contribution in [1.29, 1.82) is 0 Å². The van der Waals surface area contributed by atoms with Gasteiger partial charge in [0.05, 0.1) is 12.5 Å². The molecule has 0 saturated heterocycles. The first-order valence-electron chi connectivity index (χ1n) is 6.80. The van der Waals surface area contributed by atoms with Crippen LogP contribution in [0.3, 0.4) is 0 Å². The van der Waals surface area contributed by atoms with Gasteiger partial charge in [-0.05, 0) is 36.2 Å². The summed E-state index contributed by atoms with van der Waals surface area (Å²) in [4.78, 5) is 25.0. The number of hydrogen-bond donors (Lipinski definition) is 1. The fourth-order valence-electron chi connectivity index (χ4n) is 2.55. The molecule has 1 N–H and O–H groups in total. The van der Waals surface area contributed by atoms with Crippen molar-refractivity contribution >= 4 is 17.6 Å². The van der Waals surface area contributed by atoms with Gasteiger partial charge in [0.15, 0.2) is 0 Å². The summed E-state index contributed by atoms with van der Waals surface area (Å²) in [5.41, 5.74) is 3.28. The Bertz CT molecular complexity index is 706. The Labute approximate surface area is 122 Å². The quantitative estimate of drug-likeness (QED) is 0.940. The van der Waals surface area contributed by atoms with Gasteiger partial charge in [0.1, 0.15) is 0 Å². The smallest absolute Gasteiger partial charge is 0.310 e. The SMILES string of the molecule is C[C@H](C(=O)O)c1ccc(N2Cc3ccccc3C2=O)cc1. The number of benzene rings is 2. The average molecular weight is 281 g/mol. The summed E-state index contributed by atoms with van der Waals surface area (Å²) in [5, 5.41) is 9.01. The lowest BCUT2D eigenvalue weighted by Gasteiger charge is -2.16. The highest BCUT2D eigenvalue weighted by Gasteiger charge is 2.28. The van der Waals surface area contributed by atoms with Crippen LogP contribution in [0.15, 0.2) is 48.5 Å². The fourth-order valence-corrected chi connectivity index (χ4v) is 2.55. The Hall–Kier alpha value is -2.62. The van der Waals surface area contributed by atoms with E-state index in [1.165, 1.54) is 0 Å². The molecular formula is C17H15NO3. The molecule has 1 amide bonds. The molecule has 0 saturated carbocycles. The largest absolute Gasteiger partial charge is 0.481 e. The number of carboxylic acid groups (broad SMARTS) is 1. The van der Waals surface area contributed by atoms with Crippen molar-refractivity contribution < 1.29 is 14.7 Å². The molecular weight excluding hydrogens is 266 g/mol. The van der Waals surface area contributed by atoms with Gasteiger partial charge in [0, 0.05) is 11.3 Å². The molecule has 1 heterocycles. The number of hydrogen-bond acceptors (Lipinski definition) is 2. The molecule has 0 fully saturated rings. The van der Waals surface area contributed by atoms with Crippen LogP contribution in [0.4, 0.5) is 5.69 Å². The third-order valence-corrected chi connectivity index (χ3v) is 3.90. The first-order valence-corrected chi connectivity index (χ1v) is 6.80. The van der Waals surface area contributed by atoms with E-state index in [1.807, 2.05) is 24.3 Å². The van der Waals surface area contributed by atoms with Gasteiger partial charge in [0.25, 0.3) is 5.91 Å². The molecule has 0 bridgehead atoms. The second-order valence-corrected chi connectivity index (χ2v) is 5.20. The molecule has 4 nitrogen and oxygen atoms in total. The van der Waals surface area contributed by atoms with Crippen LogP contribution in [0.25, 0.3) is 0 Å². The van der Waals surface area contributed by atoms with Crippen LogP contribution >= 0.6 is 0 Å². The number of carboxylic acids is 1. The Kier molecular flexibility index (Phi) is 3.22. The number of aliphatic carboxylic acids is 1. The Morgan fingerprint density at radius 1 is 1.14 bits per heavy atom. The van der Waals surface area contributed by atoms with Gasteiger partial charge in [0.2, 0.25) is 0 Å². The molecule has 106 valence electrons. The summed E-state index contributed by atoms with van der Waals surface area (Å²) >= 11 is 0. The minimum absolute atomic E-state index is 0.00960. The molecule has 1 atom stereocenters. The monoisotopic (exact) mass is 281 g/mol. The highest BCUT2D eigenvalue weighted by atomic mass is 16.4. The van der Waals surface area contributed by atoms with Crippen molar-refractivity contribution in [1.82, 2.24) is 0 Å². The van der Waals surface area contributed by atoms with Gasteiger partial charge < -0.3 is 10.0 Å². The van der Waals surface area contributed by atoms with Gasteiger partial charge in [-0.15, -0.1) is 0 Å². The summed E-state index contributed by atoms with van der Waals surface area (Å²) in [7, 11) is 0. The van der Waals surface area contributed by atoms with Crippen LogP contribution in [0, 0.1) is 0 Å². The summed E-state index contributed by atoms with van der Waals surface area (Å²) in [6.45, 7) is 2.21. The van der Waals surface area contributed by atoms with Crippen LogP contribution in [0.5, 0.6) is 0 Å². The predicted octanol–water partition coefficient (Wildman–Crippen LogP) is 3.04. The van der Waals surface area contributed by atoms with E-state index in [-0.39, 0.29) is 5.91 Å². The summed E-state index contributed by atoms with van der Waals surface area (Å²) in [6, 6.07) is 14.7. The zero-order valence-electron chi connectivity index (χ0n) is 11.6. The number of amides is 1. The van der Waals surface area contributed by atoms with E-state index in [0.717, 1.165) is 22.4 Å². The highest BCUT2D eigenvalue weighted by Crippen LogP contribution is 2.29. The third kappa shape index (κ3) is 2.29. The molecule has 2 aromatic rings. The second-order valence-electron chi connectivity index (χ2n) is 5.20. The summed E-state index contributed by atoms with van der Waals surface area (Å²) < 4.78 is 0. The predicted molar refractivity (Wildman–Crippen MR) is 79.4 cm³/mol. The van der Waals surface area contributed by atoms with E-state index in [4.69, 9.17) is 5.11 Å². The van der Waals surface area contributed by atoms with Gasteiger partial charge in [-0.3, -0.25) is 9.59 Å². The molecule has 0 radical (unpaired) electrons. The van der Waals surface area contributed by atoms with E-state index in [9.17, 15) is 9.59 Å². The molecule has 2 aromatic carbocycles. The second kappa shape index (κ2) is 5.05. The highest BCUT2D eigenvalue weighted by molar-refractivity contribution is 6.09. The van der Waals surface area contributed by atoms with Crippen LogP contribution < -0.4 is 4.90 Å². The normalized spacial score (nSPS) is 14.9. The fraction of sp³-hybridized carbons (Fsp3) is 0.176. The Morgan fingerprint density at radius 2 is 1.81 bits per heavy atom. The average Bonchev–Trinajstić information content (AvgIpc) is 2.84. The summed E-state index contributed by atoms with van der Waals surface area (Å²) in [5.74, 6) is -1.41. The van der Waals surface area contributed by atoms with Crippen LogP contribution in [0.1, 0.15) is 34.3 Å². The maximum absolute atomic E-state index is 12.4. The molecule has 0 aromatic heterocycles. The lowest BCUT2D eigenvalue weighted by Crippen LogP contribution is -2.23. The van der Waals surface area contributed by atoms with Crippen molar-refractivity contribution in [2.75, 3.05) is 4.90 Å². The molecule has 0 unspecified atom stereocenters. The Morgan fingerprint density at radius 3 is 2.43 bits per heavy atom. The number of nitrogens with zero attached hydrogens (tertiary/aromatic N) is 1. The van der Waals surface area contributed by atoms with Crippen molar-refractivity contribution in [2.45, 2.75) is 19.4 Å². The van der Waals surface area contributed by atoms with Crippen LogP contribution in [-0.2, 0) is 11.3 Å². The van der Waals surface area contributed by atoms with Gasteiger partial charge in [-0.1, -0.05) is 30.3 Å². The number of carbonyl (C=O) groups is 2. The zero-order valence-corrected chi connectivity index (χ0v) is 11.6. The molecule has 3 rings (SSSR count). The minimum atomic E-state index is -0.854. The minimum Gasteiger partial charge on any atom is -0.481 e. The first kappa shape index (κ1) is 13.4. The van der Waals surface area contributed by atoms with Crippen molar-refractivity contribution in [3.8, 4) is 0 Å². The number of fused-ring (bicyclic) bond motifs is 1. The maximum Gasteiger partial charge on any atom is 0.310 e. The number of rotatable bonds is 3. The molecule has 0 aliphatic carbocycles. The van der Waals surface area contributed by atoms with Crippen molar-refractivity contribution in [3.05, 3.63) is 65.2 Å². The van der Waals surface area contributed by atoms with Crippen LogP contribution in [0.2, 0.25) is 0 Å². The third-order valence-electron chi connectivity index (χ3n) is 3.90. The first-order chi connectivity index (χ1) is 10.1. The van der Waals surface area contributed by atoms with Gasteiger partial charge >= 0.3 is 5.97 Å². The molecule has 21 heavy (non-hydrogen) atoms. The number of carbonyl (C=O) groups excluding carboxylic acids is 1. The van der Waals surface area contributed by atoms with Crippen LogP contribution in [-0.4, -0.2) is 17.0 Å². The lowest BCUT2D eigenvalue weighted by molar-refractivity contribution is -0.138. The van der Waals surface area contributed by atoms with Crippen molar-refractivity contribution in [2.24, 2.45) is 0 Å². The maximum atomic E-state index is 12.4. The Balaban J connectivity index is 1.87. The lowest BCUT2D eigenvalue weighted by atomic mass is 10.0. The molecule has 4 heteroatoms. The van der Waals surface area contributed by atoms with E-state index in [0.29, 0.717) is 6.54 Å². The van der Waals surface area contributed by atoms with Gasteiger partial charge in [-0.25, -0.2) is 0 Å². The van der Waals surface area contributed by atoms with Crippen molar-refractivity contribution in [3.63, 3.8) is 0 Å². The molecule has 1 aliphatic rings. The zero-order chi connectivity index (χ0) is 15.0. The molecule has 1 aliphatic heterocycles. The topological polar surface area (TPSA) is 57.6 Å². The van der Waals surface area contributed by atoms with E-state index in [1.54, 1.807) is 36.1 Å². The standard InChI is InChI=1S/C17H15NO3/c1-11(17(20)21)12-6-8-14(9-7-12)18-10-13-4-2-3-5-15(13)16(18)19/h2-9,11H,10H2,1H3,(H,20,21)/t11-/m0/s1. The number of anilines is 1. The molecule has 0 spiro atoms. The summed E-state index contributed by atoms with van der Waals surface area (Å²) in [6.07, 6.45) is 0. The van der Waals surface area contributed by atoms with E-state index < -0.39 is 11.9 Å². The van der Waals surface area contributed by atoms with E-state index >= 15 is 0 Å². The van der Waals surface area contributed by atoms with Gasteiger partial charge in [-0.2, -0.15) is 0 Å².